The zero-order valence-corrected chi connectivity index (χ0v) is 15.1. The molecule has 1 N–H and O–H groups in total. The topological polar surface area (TPSA) is 64.2 Å². The fourth-order valence-corrected chi connectivity index (χ4v) is 3.57. The molecule has 0 atom stereocenters. The SMILES string of the molecule is CCOC(=O)COc1ccc2[nH]c3c(C)c4ccncc4c(C)c3c2c1. The fraction of sp³-hybridized carbons (Fsp3) is 0.238. The number of carbonyl (C=O) groups excluding carboxylic acids is 1. The van der Waals surface area contributed by atoms with Crippen molar-refractivity contribution in [2.45, 2.75) is 20.8 Å². The van der Waals surface area contributed by atoms with Crippen molar-refractivity contribution >= 4 is 38.5 Å². The minimum atomic E-state index is -0.365. The first-order chi connectivity index (χ1) is 12.6. The maximum Gasteiger partial charge on any atom is 0.344 e. The number of aromatic amines is 1. The first kappa shape index (κ1) is 16.4. The Balaban J connectivity index is 1.87. The van der Waals surface area contributed by atoms with Crippen molar-refractivity contribution in [1.29, 1.82) is 0 Å². The number of nitrogens with one attached hydrogen (secondary N) is 1. The number of hydrogen-bond donors (Lipinski definition) is 1. The van der Waals surface area contributed by atoms with Gasteiger partial charge in [-0.25, -0.2) is 4.79 Å². The summed E-state index contributed by atoms with van der Waals surface area (Å²) in [5.41, 5.74) is 4.55. The third-order valence-corrected chi connectivity index (χ3v) is 4.81. The molecule has 2 aromatic carbocycles. The third-order valence-electron chi connectivity index (χ3n) is 4.81. The van der Waals surface area contributed by atoms with Crippen LogP contribution in [0, 0.1) is 13.8 Å². The standard InChI is InChI=1S/C21H20N2O3/c1-4-25-19(24)11-26-14-5-6-18-16(9-14)20-12(2)17-10-22-8-7-15(17)13(3)21(20)23-18/h5-10,23H,4,11H2,1-3H3. The van der Waals surface area contributed by atoms with E-state index in [9.17, 15) is 4.79 Å². The van der Waals surface area contributed by atoms with Crippen molar-refractivity contribution in [3.63, 3.8) is 0 Å². The quantitative estimate of drug-likeness (QED) is 0.554. The molecule has 0 radical (unpaired) electrons. The summed E-state index contributed by atoms with van der Waals surface area (Å²) in [5.74, 6) is 0.283. The van der Waals surface area contributed by atoms with Gasteiger partial charge >= 0.3 is 5.97 Å². The maximum absolute atomic E-state index is 11.5. The Morgan fingerprint density at radius 2 is 1.96 bits per heavy atom. The summed E-state index contributed by atoms with van der Waals surface area (Å²) in [6.07, 6.45) is 3.74. The average Bonchev–Trinajstić information content (AvgIpc) is 3.04. The van der Waals surface area contributed by atoms with E-state index in [1.54, 1.807) is 6.92 Å². The number of fused-ring (bicyclic) bond motifs is 4. The van der Waals surface area contributed by atoms with Gasteiger partial charge in [0.15, 0.2) is 6.61 Å². The van der Waals surface area contributed by atoms with Gasteiger partial charge in [0.25, 0.3) is 0 Å². The highest BCUT2D eigenvalue weighted by molar-refractivity contribution is 6.16. The molecule has 132 valence electrons. The van der Waals surface area contributed by atoms with Crippen LogP contribution < -0.4 is 4.74 Å². The number of ether oxygens (including phenoxy) is 2. The Morgan fingerprint density at radius 3 is 2.77 bits per heavy atom. The lowest BCUT2D eigenvalue weighted by atomic mass is 9.97. The summed E-state index contributed by atoms with van der Waals surface area (Å²) < 4.78 is 10.5. The molecule has 0 spiro atoms. The Morgan fingerprint density at radius 1 is 1.12 bits per heavy atom. The number of aromatic nitrogens is 2. The number of benzene rings is 2. The number of esters is 1. The molecule has 0 saturated carbocycles. The Labute approximate surface area is 150 Å². The van der Waals surface area contributed by atoms with Gasteiger partial charge in [-0.1, -0.05) is 0 Å². The number of pyridine rings is 1. The van der Waals surface area contributed by atoms with Crippen molar-refractivity contribution in [2.24, 2.45) is 0 Å². The van der Waals surface area contributed by atoms with E-state index in [2.05, 4.69) is 29.9 Å². The highest BCUT2D eigenvalue weighted by atomic mass is 16.6. The van der Waals surface area contributed by atoms with E-state index >= 15 is 0 Å². The summed E-state index contributed by atoms with van der Waals surface area (Å²) in [6, 6.07) is 7.87. The van der Waals surface area contributed by atoms with Gasteiger partial charge in [0.05, 0.1) is 12.1 Å². The van der Waals surface area contributed by atoms with Crippen LogP contribution in [0.3, 0.4) is 0 Å². The smallest absolute Gasteiger partial charge is 0.344 e. The second kappa shape index (κ2) is 6.33. The van der Waals surface area contributed by atoms with Gasteiger partial charge in [0.1, 0.15) is 5.75 Å². The van der Waals surface area contributed by atoms with Crippen LogP contribution in [0.4, 0.5) is 0 Å². The van der Waals surface area contributed by atoms with Crippen LogP contribution in [0.15, 0.2) is 36.7 Å². The molecule has 4 aromatic rings. The van der Waals surface area contributed by atoms with Gasteiger partial charge in [-0.2, -0.15) is 0 Å². The third kappa shape index (κ3) is 2.56. The summed E-state index contributed by atoms with van der Waals surface area (Å²) in [4.78, 5) is 19.3. The number of hydrogen-bond acceptors (Lipinski definition) is 4. The predicted molar refractivity (Wildman–Crippen MR) is 103 cm³/mol. The monoisotopic (exact) mass is 348 g/mol. The van der Waals surface area contributed by atoms with Crippen molar-refractivity contribution < 1.29 is 14.3 Å². The second-order valence-electron chi connectivity index (χ2n) is 6.35. The Hall–Kier alpha value is -3.08. The van der Waals surface area contributed by atoms with Crippen molar-refractivity contribution in [1.82, 2.24) is 9.97 Å². The molecule has 0 saturated heterocycles. The summed E-state index contributed by atoms with van der Waals surface area (Å²) in [5, 5.41) is 4.60. The molecule has 2 heterocycles. The molecule has 0 aliphatic rings. The van der Waals surface area contributed by atoms with E-state index in [0.717, 1.165) is 21.8 Å². The largest absolute Gasteiger partial charge is 0.482 e. The molecule has 0 amide bonds. The van der Waals surface area contributed by atoms with Crippen molar-refractivity contribution in [3.8, 4) is 5.75 Å². The summed E-state index contributed by atoms with van der Waals surface area (Å²) >= 11 is 0. The lowest BCUT2D eigenvalue weighted by Crippen LogP contribution is -2.14. The van der Waals surface area contributed by atoms with Crippen LogP contribution >= 0.6 is 0 Å². The zero-order valence-electron chi connectivity index (χ0n) is 15.1. The lowest BCUT2D eigenvalue weighted by molar-refractivity contribution is -0.145. The normalized spacial score (nSPS) is 11.3. The highest BCUT2D eigenvalue weighted by Gasteiger charge is 2.15. The first-order valence-electron chi connectivity index (χ1n) is 8.67. The molecule has 0 bridgehead atoms. The minimum Gasteiger partial charge on any atom is -0.482 e. The van der Waals surface area contributed by atoms with Gasteiger partial charge < -0.3 is 14.5 Å². The van der Waals surface area contributed by atoms with E-state index in [4.69, 9.17) is 9.47 Å². The minimum absolute atomic E-state index is 0.0907. The number of nitrogens with zero attached hydrogens (tertiary/aromatic N) is 1. The van der Waals surface area contributed by atoms with Crippen molar-refractivity contribution in [2.75, 3.05) is 13.2 Å². The lowest BCUT2D eigenvalue weighted by Gasteiger charge is -2.09. The molecule has 5 nitrogen and oxygen atoms in total. The molecule has 26 heavy (non-hydrogen) atoms. The van der Waals surface area contributed by atoms with Gasteiger partial charge in [0, 0.05) is 34.1 Å². The van der Waals surface area contributed by atoms with E-state index in [1.165, 1.54) is 21.9 Å². The maximum atomic E-state index is 11.5. The molecule has 5 heteroatoms. The molecular formula is C21H20N2O3. The molecule has 2 aromatic heterocycles. The van der Waals surface area contributed by atoms with Crippen LogP contribution in [0.25, 0.3) is 32.6 Å². The molecule has 0 aliphatic heterocycles. The Kier molecular flexibility index (Phi) is 3.99. The summed E-state index contributed by atoms with van der Waals surface area (Å²) in [6.45, 7) is 6.28. The van der Waals surface area contributed by atoms with Crippen LogP contribution in [0.1, 0.15) is 18.1 Å². The molecule has 0 aliphatic carbocycles. The van der Waals surface area contributed by atoms with Crippen LogP contribution in [-0.4, -0.2) is 29.2 Å². The molecule has 4 rings (SSSR count). The highest BCUT2D eigenvalue weighted by Crippen LogP contribution is 2.37. The number of rotatable bonds is 4. The van der Waals surface area contributed by atoms with Crippen molar-refractivity contribution in [3.05, 3.63) is 47.8 Å². The fourth-order valence-electron chi connectivity index (χ4n) is 3.57. The second-order valence-corrected chi connectivity index (χ2v) is 6.35. The number of carbonyl (C=O) groups is 1. The zero-order chi connectivity index (χ0) is 18.3. The van der Waals surface area contributed by atoms with Gasteiger partial charge in [0.2, 0.25) is 0 Å². The van der Waals surface area contributed by atoms with Crippen LogP contribution in [0.2, 0.25) is 0 Å². The van der Waals surface area contributed by atoms with Gasteiger partial charge in [-0.05, 0) is 61.5 Å². The number of H-pyrrole nitrogens is 1. The van der Waals surface area contributed by atoms with Gasteiger partial charge in [-0.15, -0.1) is 0 Å². The first-order valence-corrected chi connectivity index (χ1v) is 8.67. The average molecular weight is 348 g/mol. The molecular weight excluding hydrogens is 328 g/mol. The van der Waals surface area contributed by atoms with Gasteiger partial charge in [-0.3, -0.25) is 4.98 Å². The van der Waals surface area contributed by atoms with E-state index in [-0.39, 0.29) is 12.6 Å². The summed E-state index contributed by atoms with van der Waals surface area (Å²) in [7, 11) is 0. The van der Waals surface area contributed by atoms with E-state index in [1.807, 2.05) is 30.6 Å². The molecule has 0 fully saturated rings. The molecule has 0 unspecified atom stereocenters. The van der Waals surface area contributed by atoms with E-state index < -0.39 is 0 Å². The van der Waals surface area contributed by atoms with E-state index in [0.29, 0.717) is 12.4 Å². The van der Waals surface area contributed by atoms with Crippen LogP contribution in [-0.2, 0) is 9.53 Å². The number of aryl methyl sites for hydroxylation is 2. The predicted octanol–water partition coefficient (Wildman–Crippen LogP) is 4.43. The Bertz CT molecular complexity index is 1140. The van der Waals surface area contributed by atoms with Crippen LogP contribution in [0.5, 0.6) is 5.75 Å².